The van der Waals surface area contributed by atoms with Crippen LogP contribution in [0.25, 0.3) is 0 Å². The van der Waals surface area contributed by atoms with Crippen LogP contribution in [0.5, 0.6) is 0 Å². The Balaban J connectivity index is 2.51. The smallest absolute Gasteiger partial charge is 0.234 e. The van der Waals surface area contributed by atoms with Crippen LogP contribution >= 0.6 is 0 Å². The van der Waals surface area contributed by atoms with E-state index in [9.17, 15) is 9.90 Å². The highest BCUT2D eigenvalue weighted by Crippen LogP contribution is 2.17. The number of hydrogen-bond donors (Lipinski definition) is 3. The molecule has 2 atom stereocenters. The van der Waals surface area contributed by atoms with E-state index < -0.39 is 11.5 Å². The molecule has 4 N–H and O–H groups in total. The zero-order valence-electron chi connectivity index (χ0n) is 5.92. The summed E-state index contributed by atoms with van der Waals surface area (Å²) < 4.78 is 0. The van der Waals surface area contributed by atoms with Gasteiger partial charge in [0.15, 0.2) is 0 Å². The number of rotatable bonds is 1. The number of nitrogens with one attached hydrogen (secondary N) is 1. The fourth-order valence-corrected chi connectivity index (χ4v) is 1.13. The molecule has 1 saturated heterocycles. The Morgan fingerprint density at radius 1 is 1.90 bits per heavy atom. The highest BCUT2D eigenvalue weighted by atomic mass is 16.3. The second kappa shape index (κ2) is 2.21. The molecule has 1 aliphatic rings. The van der Waals surface area contributed by atoms with Crippen LogP contribution in [0.4, 0.5) is 0 Å². The molecule has 0 aromatic heterocycles. The van der Waals surface area contributed by atoms with Gasteiger partial charge < -0.3 is 16.2 Å². The zero-order valence-corrected chi connectivity index (χ0v) is 5.92. The minimum Gasteiger partial charge on any atom is -0.389 e. The first kappa shape index (κ1) is 7.50. The van der Waals surface area contributed by atoms with Crippen molar-refractivity contribution in [3.05, 3.63) is 0 Å². The number of primary amides is 1. The third kappa shape index (κ3) is 1.46. The summed E-state index contributed by atoms with van der Waals surface area (Å²) in [5.41, 5.74) is 4.24. The number of hydrogen-bond acceptors (Lipinski definition) is 3. The van der Waals surface area contributed by atoms with E-state index >= 15 is 0 Å². The molecule has 4 nitrogen and oxygen atoms in total. The van der Waals surface area contributed by atoms with Gasteiger partial charge in [-0.1, -0.05) is 0 Å². The maximum Gasteiger partial charge on any atom is 0.234 e. The molecular weight excluding hydrogens is 132 g/mol. The van der Waals surface area contributed by atoms with E-state index in [1.807, 2.05) is 0 Å². The Morgan fingerprint density at radius 3 is 2.70 bits per heavy atom. The van der Waals surface area contributed by atoms with Crippen molar-refractivity contribution in [1.29, 1.82) is 0 Å². The number of nitrogens with two attached hydrogens (primary N) is 1. The Kier molecular flexibility index (Phi) is 1.66. The average Bonchev–Trinajstić information content (AvgIpc) is 2.10. The summed E-state index contributed by atoms with van der Waals surface area (Å²) in [6, 6.07) is -0.352. The Morgan fingerprint density at radius 2 is 2.50 bits per heavy atom. The molecular formula is C6H12N2O2. The van der Waals surface area contributed by atoms with Crippen LogP contribution in [-0.2, 0) is 4.79 Å². The lowest BCUT2D eigenvalue weighted by atomic mass is 10.0. The molecule has 58 valence electrons. The quantitative estimate of drug-likeness (QED) is 0.423. The summed E-state index contributed by atoms with van der Waals surface area (Å²) >= 11 is 0. The first-order chi connectivity index (χ1) is 4.51. The summed E-state index contributed by atoms with van der Waals surface area (Å²) in [6.07, 6.45) is 0.419. The van der Waals surface area contributed by atoms with Crippen molar-refractivity contribution in [2.45, 2.75) is 25.0 Å². The van der Waals surface area contributed by atoms with Crippen molar-refractivity contribution < 1.29 is 9.90 Å². The van der Waals surface area contributed by atoms with Gasteiger partial charge >= 0.3 is 0 Å². The second-order valence-corrected chi connectivity index (χ2v) is 3.04. The number of aliphatic hydroxyl groups is 1. The van der Waals surface area contributed by atoms with E-state index in [2.05, 4.69) is 5.32 Å². The van der Waals surface area contributed by atoms with E-state index in [0.29, 0.717) is 13.0 Å². The van der Waals surface area contributed by atoms with Gasteiger partial charge in [-0.05, 0) is 6.92 Å². The average molecular weight is 144 g/mol. The van der Waals surface area contributed by atoms with Gasteiger partial charge in [0.1, 0.15) is 0 Å². The van der Waals surface area contributed by atoms with Gasteiger partial charge in [0.05, 0.1) is 11.6 Å². The lowest BCUT2D eigenvalue weighted by Crippen LogP contribution is -2.36. The molecule has 1 amide bonds. The van der Waals surface area contributed by atoms with E-state index in [1.165, 1.54) is 0 Å². The lowest BCUT2D eigenvalue weighted by molar-refractivity contribution is -0.120. The second-order valence-electron chi connectivity index (χ2n) is 3.04. The van der Waals surface area contributed by atoms with Gasteiger partial charge in [0, 0.05) is 13.0 Å². The minimum absolute atomic E-state index is 0.352. The molecule has 0 aromatic rings. The monoisotopic (exact) mass is 144 g/mol. The Bertz CT molecular complexity index is 156. The van der Waals surface area contributed by atoms with E-state index in [0.717, 1.165) is 0 Å². The van der Waals surface area contributed by atoms with Crippen LogP contribution in [0.2, 0.25) is 0 Å². The third-order valence-corrected chi connectivity index (χ3v) is 1.72. The number of carbonyl (C=O) groups excluding carboxylic acids is 1. The largest absolute Gasteiger partial charge is 0.389 e. The van der Waals surface area contributed by atoms with Gasteiger partial charge in [0.2, 0.25) is 5.91 Å². The van der Waals surface area contributed by atoms with Gasteiger partial charge in [0.25, 0.3) is 0 Å². The Hall–Kier alpha value is -0.610. The van der Waals surface area contributed by atoms with Crippen LogP contribution in [0.3, 0.4) is 0 Å². The highest BCUT2D eigenvalue weighted by Gasteiger charge is 2.35. The molecule has 10 heavy (non-hydrogen) atoms. The van der Waals surface area contributed by atoms with Crippen molar-refractivity contribution in [2.75, 3.05) is 6.54 Å². The van der Waals surface area contributed by atoms with Crippen LogP contribution in [0.1, 0.15) is 13.3 Å². The minimum atomic E-state index is -0.764. The molecule has 0 saturated carbocycles. The molecule has 1 rings (SSSR count). The van der Waals surface area contributed by atoms with Crippen molar-refractivity contribution in [3.8, 4) is 0 Å². The normalized spacial score (nSPS) is 40.0. The SMILES string of the molecule is CC1(O)CN[C@H](C(N)=O)C1. The van der Waals surface area contributed by atoms with Gasteiger partial charge in [-0.15, -0.1) is 0 Å². The van der Waals surface area contributed by atoms with Crippen molar-refractivity contribution in [1.82, 2.24) is 5.32 Å². The van der Waals surface area contributed by atoms with Crippen molar-refractivity contribution >= 4 is 5.91 Å². The molecule has 0 aromatic carbocycles. The molecule has 1 unspecified atom stereocenters. The zero-order chi connectivity index (χ0) is 7.78. The Labute approximate surface area is 59.4 Å². The van der Waals surface area contributed by atoms with Gasteiger partial charge in [-0.2, -0.15) is 0 Å². The molecule has 0 spiro atoms. The van der Waals surface area contributed by atoms with Crippen molar-refractivity contribution in [2.24, 2.45) is 5.73 Å². The summed E-state index contributed by atoms with van der Waals surface area (Å²) in [5.74, 6) is -0.391. The number of carbonyl (C=O) groups is 1. The molecule has 0 bridgehead atoms. The fraction of sp³-hybridized carbons (Fsp3) is 0.833. The van der Waals surface area contributed by atoms with Crippen LogP contribution in [0.15, 0.2) is 0 Å². The van der Waals surface area contributed by atoms with Crippen LogP contribution in [-0.4, -0.2) is 29.2 Å². The molecule has 1 aliphatic heterocycles. The van der Waals surface area contributed by atoms with E-state index in [-0.39, 0.29) is 6.04 Å². The molecule has 1 fully saturated rings. The predicted molar refractivity (Wildman–Crippen MR) is 36.2 cm³/mol. The topological polar surface area (TPSA) is 75.3 Å². The molecule has 0 aliphatic carbocycles. The molecule has 0 radical (unpaired) electrons. The highest BCUT2D eigenvalue weighted by molar-refractivity contribution is 5.80. The number of β-amino-alcohol motifs (C(OH)–C–C–N with tert-alkyl or cyclic N) is 1. The van der Waals surface area contributed by atoms with Gasteiger partial charge in [-0.25, -0.2) is 0 Å². The summed E-state index contributed by atoms with van der Waals surface area (Å²) in [4.78, 5) is 10.5. The molecule has 1 heterocycles. The third-order valence-electron chi connectivity index (χ3n) is 1.72. The van der Waals surface area contributed by atoms with Crippen molar-refractivity contribution in [3.63, 3.8) is 0 Å². The fourth-order valence-electron chi connectivity index (χ4n) is 1.13. The maximum atomic E-state index is 10.5. The first-order valence-corrected chi connectivity index (χ1v) is 3.26. The van der Waals surface area contributed by atoms with Gasteiger partial charge in [-0.3, -0.25) is 4.79 Å². The maximum absolute atomic E-state index is 10.5. The van der Waals surface area contributed by atoms with E-state index in [1.54, 1.807) is 6.92 Å². The van der Waals surface area contributed by atoms with Crippen LogP contribution < -0.4 is 11.1 Å². The predicted octanol–water partition coefficient (Wildman–Crippen LogP) is -1.42. The summed E-state index contributed by atoms with van der Waals surface area (Å²) in [7, 11) is 0. The standard InChI is InChI=1S/C6H12N2O2/c1-6(10)2-4(5(7)9)8-3-6/h4,8,10H,2-3H2,1H3,(H2,7,9)/t4-,6?/m0/s1. The number of amides is 1. The lowest BCUT2D eigenvalue weighted by Gasteiger charge is -2.12. The summed E-state index contributed by atoms with van der Waals surface area (Å²) in [6.45, 7) is 2.13. The summed E-state index contributed by atoms with van der Waals surface area (Å²) in [5, 5.41) is 12.2. The molecule has 4 heteroatoms. The van der Waals surface area contributed by atoms with E-state index in [4.69, 9.17) is 5.73 Å². The first-order valence-electron chi connectivity index (χ1n) is 3.26. The van der Waals surface area contributed by atoms with Crippen LogP contribution in [0, 0.1) is 0 Å².